The number of nitrogens with zero attached hydrogens (tertiary/aromatic N) is 4. The van der Waals surface area contributed by atoms with Crippen molar-refractivity contribution < 1.29 is 156 Å². The van der Waals surface area contributed by atoms with Crippen LogP contribution in [0.15, 0.2) is 219 Å². The van der Waals surface area contributed by atoms with E-state index in [4.69, 9.17) is 102 Å². The molecule has 1 aliphatic rings. The molecule has 1 aliphatic heterocycles. The van der Waals surface area contributed by atoms with E-state index in [1.807, 2.05) is 73.3 Å². The van der Waals surface area contributed by atoms with Crippen LogP contribution in [0.5, 0.6) is 46.0 Å². The van der Waals surface area contributed by atoms with Gasteiger partial charge in [0.2, 0.25) is 13.1 Å². The van der Waals surface area contributed by atoms with Gasteiger partial charge in [0.15, 0.2) is 68.0 Å². The normalized spacial score (nSPS) is 13.1. The number of halogens is 6. The number of fused-ring (bicyclic) bond motifs is 2. The quantitative estimate of drug-likeness (QED) is 0.0128. The molecule has 30 nitrogen and oxygen atoms in total. The van der Waals surface area contributed by atoms with Gasteiger partial charge in [-0.2, -0.15) is 35.5 Å². The Balaban J connectivity index is 0.000000377. The van der Waals surface area contributed by atoms with E-state index < -0.39 is 55.1 Å². The maximum Gasteiger partial charge on any atom is 0.485 e. The molecule has 0 fully saturated rings. The first-order valence-corrected chi connectivity index (χ1v) is 41.9. The monoisotopic (exact) mass is 1800 g/mol. The second-order valence-electron chi connectivity index (χ2n) is 26.0. The summed E-state index contributed by atoms with van der Waals surface area (Å²) in [6.07, 6.45) is 15.8. The van der Waals surface area contributed by atoms with Gasteiger partial charge in [0.1, 0.15) is 75.9 Å². The predicted molar refractivity (Wildman–Crippen MR) is 436 cm³/mol. The number of aromatic nitrogens is 4. The van der Waals surface area contributed by atoms with Crippen LogP contribution in [-0.4, -0.2) is 177 Å². The highest BCUT2D eigenvalue weighted by molar-refractivity contribution is 7.86. The fraction of sp³-hybridized carbons (Fsp3) is 0.318. The van der Waals surface area contributed by atoms with Gasteiger partial charge in [-0.3, -0.25) is 9.97 Å². The molecular formula is C88H92F6N4O26S2. The molecule has 0 aliphatic carbocycles. The summed E-state index contributed by atoms with van der Waals surface area (Å²) in [5.74, 6) is 2.12. The topological polar surface area (TPSA) is 364 Å². The largest absolute Gasteiger partial charge is 0.741 e. The summed E-state index contributed by atoms with van der Waals surface area (Å²) in [6.45, 7) is 13.0. The molecule has 126 heavy (non-hydrogen) atoms. The first-order valence-electron chi connectivity index (χ1n) is 39.1. The number of ether oxygens (including phenoxy) is 16. The molecule has 0 amide bonds. The van der Waals surface area contributed by atoms with Crippen LogP contribution in [0, 0.1) is 0 Å². The van der Waals surface area contributed by atoms with E-state index in [0.29, 0.717) is 68.2 Å². The summed E-state index contributed by atoms with van der Waals surface area (Å²) in [7, 11) is -12.2. The number of aryl methyl sites for hydroxylation is 2. The summed E-state index contributed by atoms with van der Waals surface area (Å²) in [4.78, 5) is 57.3. The minimum atomic E-state index is -6.09. The highest BCUT2D eigenvalue weighted by Gasteiger charge is 2.38. The standard InChI is InChI=1S/C64H72O20.C22H20N4.2CHF3O3S/c1-5-73-61(65)45-9-17-53(18-10-45)81-41-49-37-57-58(38-50(49)42-82-54-19-11-46(12-20-54)62(66)74-6-2)78-34-30-70-27-28-72-32-36-80-60-40-52(44-84-56-23-15-48(16-24-56)64(68)76-8-4)51(39-59(60)79-35-31-71-26-25-69-29-33-77-57)43-83-55-21-13-47(14-22-55)63(67)75-7-3;1-9-23-10-2-19(1)21-5-13-25(14-6-21)17-18-26-15-7-22(8-16-26)20-3-11-24-12-4-20;2*2-1(3,4)8(5,6)7/h9-24,37-40H,5-8,25-36,41-44H2,1-4H3;1-16H,17-18H2;2*(H,5,6,7)/q;+2;;/p-2. The van der Waals surface area contributed by atoms with Crippen molar-refractivity contribution in [3.05, 3.63) is 264 Å². The number of esters is 4. The first kappa shape index (κ1) is 98.9. The Morgan fingerprint density at radius 3 is 0.730 bits per heavy atom. The van der Waals surface area contributed by atoms with Crippen molar-refractivity contribution in [3.8, 4) is 68.2 Å². The zero-order valence-electron chi connectivity index (χ0n) is 68.8. The first-order chi connectivity index (χ1) is 60.5. The van der Waals surface area contributed by atoms with Gasteiger partial charge in [0, 0.05) is 49.1 Å². The van der Waals surface area contributed by atoms with E-state index in [-0.39, 0.29) is 132 Å². The van der Waals surface area contributed by atoms with E-state index in [0.717, 1.165) is 35.3 Å². The number of carbonyl (C=O) groups is 4. The molecule has 11 rings (SSSR count). The van der Waals surface area contributed by atoms with Gasteiger partial charge < -0.3 is 84.9 Å². The molecule has 4 aromatic heterocycles. The minimum Gasteiger partial charge on any atom is -0.741 e. The molecule has 0 N–H and O–H groups in total. The lowest BCUT2D eigenvalue weighted by molar-refractivity contribution is -0.778. The Bertz CT molecular complexity index is 4720. The molecule has 10 aromatic rings. The summed E-state index contributed by atoms with van der Waals surface area (Å²) < 4.78 is 217. The lowest BCUT2D eigenvalue weighted by Gasteiger charge is -2.19. The van der Waals surface area contributed by atoms with Gasteiger partial charge in [0.05, 0.1) is 102 Å². The van der Waals surface area contributed by atoms with Gasteiger partial charge in [-0.05, 0) is 218 Å². The molecule has 0 spiro atoms. The Kier molecular flexibility index (Phi) is 40.0. The Labute approximate surface area is 723 Å². The summed E-state index contributed by atoms with van der Waals surface area (Å²) in [5.41, 5.74) is -1.97. The van der Waals surface area contributed by atoms with Crippen molar-refractivity contribution in [1.29, 1.82) is 0 Å². The SMILES string of the molecule is CCOC(=O)c1ccc(OCc2cc3c(cc2COc2ccc(C(=O)OCC)cc2)OCCOCCOCCOc2cc(COc4ccc(C(=O)OCC)cc4)c(COc4ccc(C(=O)OCC)cc4)cc2OCCOCCOCCO3)cc1.O=S(=O)([O-])C(F)(F)F.O=S(=O)([O-])C(F)(F)F.c1cc(-c2cc[n+](CC[n+]3ccc(-c4ccncc4)cc3)cc2)ccn1. The Hall–Kier alpha value is -12.6. The minimum absolute atomic E-state index is 0.103. The molecule has 0 saturated carbocycles. The summed E-state index contributed by atoms with van der Waals surface area (Å²) >= 11 is 0. The van der Waals surface area contributed by atoms with Gasteiger partial charge in [-0.25, -0.2) is 36.0 Å². The third-order valence-electron chi connectivity index (χ3n) is 17.2. The van der Waals surface area contributed by atoms with Crippen LogP contribution in [0.3, 0.4) is 0 Å². The van der Waals surface area contributed by atoms with Crippen molar-refractivity contribution >= 4 is 44.1 Å². The lowest BCUT2D eigenvalue weighted by Crippen LogP contribution is -2.43. The van der Waals surface area contributed by atoms with Crippen LogP contribution < -0.4 is 47.0 Å². The number of alkyl halides is 6. The smallest absolute Gasteiger partial charge is 0.485 e. The van der Waals surface area contributed by atoms with Crippen LogP contribution in [0.4, 0.5) is 26.3 Å². The second kappa shape index (κ2) is 51.0. The predicted octanol–water partition coefficient (Wildman–Crippen LogP) is 13.2. The average molecular weight is 1800 g/mol. The molecule has 0 unspecified atom stereocenters. The van der Waals surface area contributed by atoms with E-state index in [9.17, 15) is 45.5 Å². The molecule has 0 radical (unpaired) electrons. The maximum atomic E-state index is 12.3. The summed E-state index contributed by atoms with van der Waals surface area (Å²) in [5, 5.41) is 0. The maximum absolute atomic E-state index is 12.3. The molecule has 38 heteroatoms. The third-order valence-corrected chi connectivity index (χ3v) is 18.4. The number of rotatable bonds is 25. The zero-order valence-corrected chi connectivity index (χ0v) is 70.5. The molecule has 0 saturated heterocycles. The third kappa shape index (κ3) is 33.8. The van der Waals surface area contributed by atoms with Crippen LogP contribution in [0.25, 0.3) is 22.3 Å². The van der Waals surface area contributed by atoms with Crippen molar-refractivity contribution in [2.45, 2.75) is 78.2 Å². The number of hydrogen-bond acceptors (Lipinski definition) is 28. The zero-order chi connectivity index (χ0) is 90.8. The fourth-order valence-electron chi connectivity index (χ4n) is 10.9. The van der Waals surface area contributed by atoms with Crippen LogP contribution in [-0.2, 0) is 97.6 Å². The molecule has 6 aromatic carbocycles. The van der Waals surface area contributed by atoms with E-state index >= 15 is 0 Å². The van der Waals surface area contributed by atoms with Crippen molar-refractivity contribution in [2.24, 2.45) is 0 Å². The fourth-order valence-corrected chi connectivity index (χ4v) is 10.9. The number of benzene rings is 6. The lowest BCUT2D eigenvalue weighted by atomic mass is 10.1. The van der Waals surface area contributed by atoms with E-state index in [1.54, 1.807) is 125 Å². The molecule has 0 atom stereocenters. The van der Waals surface area contributed by atoms with Gasteiger partial charge in [-0.15, -0.1) is 0 Å². The summed E-state index contributed by atoms with van der Waals surface area (Å²) in [6, 6.07) is 50.7. The molecule has 674 valence electrons. The molecule has 5 heterocycles. The Morgan fingerprint density at radius 2 is 0.532 bits per heavy atom. The van der Waals surface area contributed by atoms with E-state index in [2.05, 4.69) is 68.2 Å². The van der Waals surface area contributed by atoms with Crippen LogP contribution in [0.2, 0.25) is 0 Å². The van der Waals surface area contributed by atoms with Gasteiger partial charge >= 0.3 is 34.9 Å². The number of hydrogen-bond donors (Lipinski definition) is 0. The van der Waals surface area contributed by atoms with Crippen LogP contribution >= 0.6 is 0 Å². The van der Waals surface area contributed by atoms with E-state index in [1.165, 1.54) is 22.3 Å². The van der Waals surface area contributed by atoms with Crippen LogP contribution in [0.1, 0.15) is 91.4 Å². The number of carbonyl (C=O) groups excluding carboxylic acids is 4. The van der Waals surface area contributed by atoms with Crippen molar-refractivity contribution in [2.75, 3.05) is 106 Å². The molecular weight excluding hydrogens is 1710 g/mol. The van der Waals surface area contributed by atoms with Crippen molar-refractivity contribution in [1.82, 2.24) is 9.97 Å². The Morgan fingerprint density at radius 1 is 0.333 bits per heavy atom. The average Bonchev–Trinajstić information content (AvgIpc) is 0.821. The highest BCUT2D eigenvalue weighted by Crippen LogP contribution is 2.36. The van der Waals surface area contributed by atoms with Gasteiger partial charge in [-0.1, -0.05) is 0 Å². The highest BCUT2D eigenvalue weighted by atomic mass is 32.2. The second-order valence-corrected chi connectivity index (χ2v) is 28.8. The molecule has 0 bridgehead atoms. The van der Waals surface area contributed by atoms with Gasteiger partial charge in [0.25, 0.3) is 0 Å². The number of pyridine rings is 4. The van der Waals surface area contributed by atoms with Crippen molar-refractivity contribution in [3.63, 3.8) is 0 Å².